The lowest BCUT2D eigenvalue weighted by atomic mass is 10.3. The number of hydrogen-bond donors (Lipinski definition) is 0. The molecule has 124 valence electrons. The Morgan fingerprint density at radius 2 is 1.88 bits per heavy atom. The first-order valence-corrected chi connectivity index (χ1v) is 7.72. The summed E-state index contributed by atoms with van der Waals surface area (Å²) >= 11 is 0. The molecule has 0 unspecified atom stereocenters. The van der Waals surface area contributed by atoms with E-state index < -0.39 is 4.92 Å². The maximum absolute atomic E-state index is 10.7. The molecule has 2 aromatic rings. The summed E-state index contributed by atoms with van der Waals surface area (Å²) in [6.45, 7) is 6.57. The molecule has 1 aromatic carbocycles. The highest BCUT2D eigenvalue weighted by Crippen LogP contribution is 2.20. The Labute approximate surface area is 138 Å². The third kappa shape index (κ3) is 3.04. The Bertz CT molecular complexity index is 770. The second-order valence-corrected chi connectivity index (χ2v) is 5.47. The molecule has 0 saturated carbocycles. The van der Waals surface area contributed by atoms with E-state index in [9.17, 15) is 15.4 Å². The van der Waals surface area contributed by atoms with Crippen LogP contribution in [0.5, 0.6) is 0 Å². The van der Waals surface area contributed by atoms with Crippen molar-refractivity contribution in [3.05, 3.63) is 40.1 Å². The minimum absolute atomic E-state index is 0.00215. The zero-order valence-electron chi connectivity index (χ0n) is 13.3. The number of nitro benzene ring substituents is 1. The minimum atomic E-state index is -0.459. The van der Waals surface area contributed by atoms with Crippen molar-refractivity contribution in [2.45, 2.75) is 6.92 Å². The lowest BCUT2D eigenvalue weighted by Crippen LogP contribution is -2.46. The average molecular weight is 327 g/mol. The SMILES string of the molecule is CCN1CCN(c2nn(-c3ccc([N+](=O)[O-])cc3)nc2C#N)CC1. The highest BCUT2D eigenvalue weighted by atomic mass is 16.6. The van der Waals surface area contributed by atoms with Crippen LogP contribution in [0.2, 0.25) is 0 Å². The van der Waals surface area contributed by atoms with Crippen LogP contribution < -0.4 is 4.90 Å². The molecule has 24 heavy (non-hydrogen) atoms. The smallest absolute Gasteiger partial charge is 0.269 e. The molecule has 1 fully saturated rings. The van der Waals surface area contributed by atoms with Gasteiger partial charge in [0, 0.05) is 38.3 Å². The van der Waals surface area contributed by atoms with Gasteiger partial charge in [-0.1, -0.05) is 6.92 Å². The Morgan fingerprint density at radius 1 is 1.21 bits per heavy atom. The first kappa shape index (κ1) is 15.9. The van der Waals surface area contributed by atoms with Gasteiger partial charge in [-0.15, -0.1) is 15.0 Å². The third-order valence-electron chi connectivity index (χ3n) is 4.11. The van der Waals surface area contributed by atoms with E-state index in [4.69, 9.17) is 0 Å². The Balaban J connectivity index is 1.85. The number of hydrogen-bond acceptors (Lipinski definition) is 7. The Morgan fingerprint density at radius 3 is 2.42 bits per heavy atom. The largest absolute Gasteiger partial charge is 0.350 e. The van der Waals surface area contributed by atoms with Crippen molar-refractivity contribution >= 4 is 11.5 Å². The van der Waals surface area contributed by atoms with Gasteiger partial charge >= 0.3 is 0 Å². The summed E-state index contributed by atoms with van der Waals surface area (Å²) < 4.78 is 0. The van der Waals surface area contributed by atoms with Crippen LogP contribution in [-0.4, -0.2) is 57.5 Å². The number of rotatable bonds is 4. The fourth-order valence-corrected chi connectivity index (χ4v) is 2.68. The van der Waals surface area contributed by atoms with Crippen molar-refractivity contribution in [2.75, 3.05) is 37.6 Å². The highest BCUT2D eigenvalue weighted by molar-refractivity contribution is 5.51. The predicted octanol–water partition coefficient (Wildman–Crippen LogP) is 1.19. The van der Waals surface area contributed by atoms with Gasteiger partial charge in [-0.3, -0.25) is 10.1 Å². The number of anilines is 1. The van der Waals surface area contributed by atoms with E-state index in [1.807, 2.05) is 0 Å². The van der Waals surface area contributed by atoms with Crippen molar-refractivity contribution in [3.63, 3.8) is 0 Å². The molecule has 1 aliphatic heterocycles. The number of nitrogens with zero attached hydrogens (tertiary/aromatic N) is 7. The molecular formula is C15H17N7O2. The maximum Gasteiger partial charge on any atom is 0.269 e. The number of nitriles is 1. The summed E-state index contributed by atoms with van der Waals surface area (Å²) in [7, 11) is 0. The molecule has 9 heteroatoms. The zero-order valence-corrected chi connectivity index (χ0v) is 13.3. The maximum atomic E-state index is 10.7. The van der Waals surface area contributed by atoms with E-state index >= 15 is 0 Å². The molecule has 1 aromatic heterocycles. The lowest BCUT2D eigenvalue weighted by Gasteiger charge is -2.33. The number of non-ortho nitro benzene ring substituents is 1. The van der Waals surface area contributed by atoms with E-state index in [1.54, 1.807) is 12.1 Å². The molecule has 1 saturated heterocycles. The van der Waals surface area contributed by atoms with Gasteiger partial charge in [-0.2, -0.15) is 5.26 Å². The number of piperazine rings is 1. The molecule has 2 heterocycles. The number of aromatic nitrogens is 3. The molecule has 0 N–H and O–H groups in total. The number of nitro groups is 1. The van der Waals surface area contributed by atoms with Crippen LogP contribution in [0, 0.1) is 21.4 Å². The van der Waals surface area contributed by atoms with Gasteiger partial charge in [0.15, 0.2) is 5.82 Å². The lowest BCUT2D eigenvalue weighted by molar-refractivity contribution is -0.384. The molecule has 0 atom stereocenters. The number of likely N-dealkylation sites (N-methyl/N-ethyl adjacent to an activating group) is 1. The summed E-state index contributed by atoms with van der Waals surface area (Å²) in [6, 6.07) is 8.00. The van der Waals surface area contributed by atoms with Crippen LogP contribution >= 0.6 is 0 Å². The van der Waals surface area contributed by atoms with Crippen LogP contribution in [0.15, 0.2) is 24.3 Å². The fraction of sp³-hybridized carbons (Fsp3) is 0.400. The molecule has 9 nitrogen and oxygen atoms in total. The Kier molecular flexibility index (Phi) is 4.39. The summed E-state index contributed by atoms with van der Waals surface area (Å²) in [5.74, 6) is 0.562. The van der Waals surface area contributed by atoms with Gasteiger partial charge in [0.1, 0.15) is 6.07 Å². The highest BCUT2D eigenvalue weighted by Gasteiger charge is 2.22. The molecule has 0 bridgehead atoms. The van der Waals surface area contributed by atoms with E-state index in [-0.39, 0.29) is 11.4 Å². The van der Waals surface area contributed by atoms with Crippen LogP contribution in [0.3, 0.4) is 0 Å². The van der Waals surface area contributed by atoms with Gasteiger partial charge in [0.25, 0.3) is 5.69 Å². The van der Waals surface area contributed by atoms with Crippen molar-refractivity contribution in [2.24, 2.45) is 0 Å². The molecule has 0 amide bonds. The van der Waals surface area contributed by atoms with Crippen molar-refractivity contribution in [3.8, 4) is 11.8 Å². The molecule has 3 rings (SSSR count). The van der Waals surface area contributed by atoms with Crippen molar-refractivity contribution in [1.82, 2.24) is 19.9 Å². The van der Waals surface area contributed by atoms with Crippen LogP contribution in [0.25, 0.3) is 5.69 Å². The molecular weight excluding hydrogens is 310 g/mol. The van der Waals surface area contributed by atoms with Crippen molar-refractivity contribution in [1.29, 1.82) is 5.26 Å². The van der Waals surface area contributed by atoms with Gasteiger partial charge in [0.2, 0.25) is 5.69 Å². The average Bonchev–Trinajstić information content (AvgIpc) is 3.06. The molecule has 0 spiro atoms. The second kappa shape index (κ2) is 6.64. The van der Waals surface area contributed by atoms with Crippen LogP contribution in [0.4, 0.5) is 11.5 Å². The Hall–Kier alpha value is -2.99. The van der Waals surface area contributed by atoms with Gasteiger partial charge in [0.05, 0.1) is 10.6 Å². The summed E-state index contributed by atoms with van der Waals surface area (Å²) in [5.41, 5.74) is 0.844. The fourth-order valence-electron chi connectivity index (χ4n) is 2.68. The van der Waals surface area contributed by atoms with Gasteiger partial charge in [-0.05, 0) is 18.7 Å². The van der Waals surface area contributed by atoms with E-state index in [1.165, 1.54) is 16.9 Å². The predicted molar refractivity (Wildman–Crippen MR) is 87.1 cm³/mol. The third-order valence-corrected chi connectivity index (χ3v) is 4.11. The summed E-state index contributed by atoms with van der Waals surface area (Å²) in [5, 5.41) is 28.7. The normalized spacial score (nSPS) is 15.2. The first-order chi connectivity index (χ1) is 11.6. The van der Waals surface area contributed by atoms with Gasteiger partial charge < -0.3 is 9.80 Å². The minimum Gasteiger partial charge on any atom is -0.350 e. The van der Waals surface area contributed by atoms with E-state index in [2.05, 4.69) is 33.0 Å². The van der Waals surface area contributed by atoms with E-state index in [0.29, 0.717) is 11.5 Å². The van der Waals surface area contributed by atoms with Gasteiger partial charge in [-0.25, -0.2) is 0 Å². The molecule has 1 aliphatic rings. The zero-order chi connectivity index (χ0) is 17.1. The standard InChI is InChI=1S/C15H17N7O2/c1-2-19-7-9-20(10-8-19)15-14(11-16)17-21(18-15)12-3-5-13(6-4-12)22(23)24/h3-6H,2,7-10H2,1H3. The monoisotopic (exact) mass is 327 g/mol. The second-order valence-electron chi connectivity index (χ2n) is 5.47. The van der Waals surface area contributed by atoms with Crippen molar-refractivity contribution < 1.29 is 4.92 Å². The summed E-state index contributed by atoms with van der Waals surface area (Å²) in [6.07, 6.45) is 0. The topological polar surface area (TPSA) is 104 Å². The molecule has 0 radical (unpaired) electrons. The van der Waals surface area contributed by atoms with Crippen LogP contribution in [0.1, 0.15) is 12.6 Å². The van der Waals surface area contributed by atoms with E-state index in [0.717, 1.165) is 32.7 Å². The number of benzene rings is 1. The summed E-state index contributed by atoms with van der Waals surface area (Å²) in [4.78, 5) is 16.0. The first-order valence-electron chi connectivity index (χ1n) is 7.72. The quantitative estimate of drug-likeness (QED) is 0.613. The molecule has 0 aliphatic carbocycles. The van der Waals surface area contributed by atoms with Crippen LogP contribution in [-0.2, 0) is 0 Å².